The van der Waals surface area contributed by atoms with Crippen LogP contribution in [0.1, 0.15) is 5.56 Å². The normalized spacial score (nSPS) is 10.3. The van der Waals surface area contributed by atoms with Crippen LogP contribution in [0.4, 0.5) is 17.1 Å². The van der Waals surface area contributed by atoms with E-state index in [1.165, 1.54) is 5.56 Å². The Morgan fingerprint density at radius 1 is 1.06 bits per heavy atom. The van der Waals surface area contributed by atoms with Gasteiger partial charge in [0.25, 0.3) is 0 Å². The molecule has 4 N–H and O–H groups in total. The highest BCUT2D eigenvalue weighted by Crippen LogP contribution is 2.23. The quantitative estimate of drug-likeness (QED) is 0.856. The van der Waals surface area contributed by atoms with Crippen molar-refractivity contribution in [2.45, 2.75) is 6.54 Å². The van der Waals surface area contributed by atoms with E-state index in [4.69, 9.17) is 11.5 Å². The summed E-state index contributed by atoms with van der Waals surface area (Å²) in [5.74, 6) is 0. The smallest absolute Gasteiger partial charge is 0.0568 e. The number of hydrogen-bond acceptors (Lipinski definition) is 3. The first-order valence-electron chi connectivity index (χ1n) is 5.67. The Hall–Kier alpha value is -1.68. The second-order valence-electron chi connectivity index (χ2n) is 4.30. The Morgan fingerprint density at radius 3 is 2.50 bits per heavy atom. The molecular weight excluding hydrogens is 290 g/mol. The number of halogens is 1. The first-order valence-corrected chi connectivity index (χ1v) is 6.46. The van der Waals surface area contributed by atoms with Crippen molar-refractivity contribution >= 4 is 33.0 Å². The maximum Gasteiger partial charge on any atom is 0.0568 e. The van der Waals surface area contributed by atoms with Gasteiger partial charge in [0.15, 0.2) is 0 Å². The maximum atomic E-state index is 5.82. The van der Waals surface area contributed by atoms with Gasteiger partial charge in [0.05, 0.1) is 11.4 Å². The van der Waals surface area contributed by atoms with Gasteiger partial charge in [-0.1, -0.05) is 28.1 Å². The highest BCUT2D eigenvalue weighted by atomic mass is 79.9. The molecule has 0 aliphatic heterocycles. The average molecular weight is 306 g/mol. The van der Waals surface area contributed by atoms with Crippen LogP contribution in [0.5, 0.6) is 0 Å². The van der Waals surface area contributed by atoms with E-state index in [9.17, 15) is 0 Å². The topological polar surface area (TPSA) is 55.3 Å². The van der Waals surface area contributed by atoms with Crippen molar-refractivity contribution in [3.8, 4) is 0 Å². The Morgan fingerprint density at radius 2 is 1.83 bits per heavy atom. The zero-order valence-corrected chi connectivity index (χ0v) is 11.8. The molecule has 0 unspecified atom stereocenters. The van der Waals surface area contributed by atoms with Crippen LogP contribution in [0.15, 0.2) is 46.9 Å². The minimum atomic E-state index is 0.619. The van der Waals surface area contributed by atoms with Crippen molar-refractivity contribution in [1.29, 1.82) is 0 Å². The molecule has 0 spiro atoms. The van der Waals surface area contributed by atoms with Gasteiger partial charge in [0, 0.05) is 23.8 Å². The number of nitrogen functional groups attached to an aromatic ring is 2. The van der Waals surface area contributed by atoms with Crippen LogP contribution in [-0.2, 0) is 6.54 Å². The second kappa shape index (κ2) is 5.31. The Bertz CT molecular complexity index is 554. The van der Waals surface area contributed by atoms with Crippen LogP contribution in [-0.4, -0.2) is 7.05 Å². The molecule has 2 aromatic carbocycles. The number of nitrogens with zero attached hydrogens (tertiary/aromatic N) is 1. The average Bonchev–Trinajstić information content (AvgIpc) is 2.32. The number of rotatable bonds is 3. The summed E-state index contributed by atoms with van der Waals surface area (Å²) in [7, 11) is 2.03. The zero-order chi connectivity index (χ0) is 13.1. The van der Waals surface area contributed by atoms with E-state index < -0.39 is 0 Å². The third-order valence-electron chi connectivity index (χ3n) is 2.82. The van der Waals surface area contributed by atoms with Gasteiger partial charge in [0.2, 0.25) is 0 Å². The fourth-order valence-corrected chi connectivity index (χ4v) is 2.25. The minimum absolute atomic E-state index is 0.619. The van der Waals surface area contributed by atoms with Gasteiger partial charge >= 0.3 is 0 Å². The summed E-state index contributed by atoms with van der Waals surface area (Å²) in [6.07, 6.45) is 0. The third kappa shape index (κ3) is 2.96. The molecule has 2 rings (SSSR count). The maximum absolute atomic E-state index is 5.82. The zero-order valence-electron chi connectivity index (χ0n) is 10.2. The lowest BCUT2D eigenvalue weighted by atomic mass is 10.2. The predicted molar refractivity (Wildman–Crippen MR) is 81.5 cm³/mol. The molecule has 0 radical (unpaired) electrons. The van der Waals surface area contributed by atoms with Crippen molar-refractivity contribution in [1.82, 2.24) is 0 Å². The highest BCUT2D eigenvalue weighted by molar-refractivity contribution is 9.10. The lowest BCUT2D eigenvalue weighted by Gasteiger charge is -2.20. The van der Waals surface area contributed by atoms with E-state index in [0.29, 0.717) is 11.4 Å². The second-order valence-corrected chi connectivity index (χ2v) is 5.21. The predicted octanol–water partition coefficient (Wildman–Crippen LogP) is 3.25. The van der Waals surface area contributed by atoms with Crippen LogP contribution in [0, 0.1) is 0 Å². The van der Waals surface area contributed by atoms with E-state index in [-0.39, 0.29) is 0 Å². The van der Waals surface area contributed by atoms with E-state index in [1.807, 2.05) is 37.4 Å². The summed E-state index contributed by atoms with van der Waals surface area (Å²) in [6, 6.07) is 14.0. The van der Waals surface area contributed by atoms with Crippen molar-refractivity contribution in [3.05, 3.63) is 52.5 Å². The number of nitrogens with two attached hydrogens (primary N) is 2. The fourth-order valence-electron chi connectivity index (χ4n) is 1.80. The monoisotopic (exact) mass is 305 g/mol. The SMILES string of the molecule is CN(Cc1cccc(Br)c1)c1ccc(N)c(N)c1. The van der Waals surface area contributed by atoms with Crippen LogP contribution in [0.25, 0.3) is 0 Å². The van der Waals surface area contributed by atoms with E-state index in [2.05, 4.69) is 33.0 Å². The van der Waals surface area contributed by atoms with Crippen molar-refractivity contribution in [2.24, 2.45) is 0 Å². The van der Waals surface area contributed by atoms with Gasteiger partial charge in [-0.15, -0.1) is 0 Å². The minimum Gasteiger partial charge on any atom is -0.397 e. The Labute approximate surface area is 116 Å². The molecule has 0 aromatic heterocycles. The van der Waals surface area contributed by atoms with Gasteiger partial charge in [-0.3, -0.25) is 0 Å². The van der Waals surface area contributed by atoms with Gasteiger partial charge in [0.1, 0.15) is 0 Å². The third-order valence-corrected chi connectivity index (χ3v) is 3.31. The largest absolute Gasteiger partial charge is 0.397 e. The summed E-state index contributed by atoms with van der Waals surface area (Å²) in [5, 5.41) is 0. The standard InChI is InChI=1S/C14H16BrN3/c1-18(9-10-3-2-4-11(15)7-10)12-5-6-13(16)14(17)8-12/h2-8H,9,16-17H2,1H3. The molecule has 0 aliphatic rings. The molecular formula is C14H16BrN3. The molecule has 2 aromatic rings. The fraction of sp³-hybridized carbons (Fsp3) is 0.143. The van der Waals surface area contributed by atoms with Gasteiger partial charge < -0.3 is 16.4 Å². The molecule has 4 heteroatoms. The van der Waals surface area contributed by atoms with E-state index >= 15 is 0 Å². The van der Waals surface area contributed by atoms with E-state index in [1.54, 1.807) is 0 Å². The molecule has 0 saturated carbocycles. The molecule has 0 bridgehead atoms. The summed E-state index contributed by atoms with van der Waals surface area (Å²) >= 11 is 3.47. The first-order chi connectivity index (χ1) is 8.56. The Kier molecular flexibility index (Phi) is 3.77. The van der Waals surface area contributed by atoms with E-state index in [0.717, 1.165) is 16.7 Å². The molecule has 18 heavy (non-hydrogen) atoms. The van der Waals surface area contributed by atoms with Crippen molar-refractivity contribution in [3.63, 3.8) is 0 Å². The molecule has 0 amide bonds. The molecule has 0 saturated heterocycles. The number of hydrogen-bond donors (Lipinski definition) is 2. The number of anilines is 3. The van der Waals surface area contributed by atoms with Crippen LogP contribution in [0.2, 0.25) is 0 Å². The van der Waals surface area contributed by atoms with Gasteiger partial charge in [-0.2, -0.15) is 0 Å². The van der Waals surface area contributed by atoms with Gasteiger partial charge in [-0.05, 0) is 35.9 Å². The van der Waals surface area contributed by atoms with Crippen LogP contribution >= 0.6 is 15.9 Å². The summed E-state index contributed by atoms with van der Waals surface area (Å²) in [6.45, 7) is 0.822. The summed E-state index contributed by atoms with van der Waals surface area (Å²) in [5.41, 5.74) is 15.1. The lowest BCUT2D eigenvalue weighted by molar-refractivity contribution is 0.923. The molecule has 0 heterocycles. The van der Waals surface area contributed by atoms with Crippen molar-refractivity contribution in [2.75, 3.05) is 23.4 Å². The first kappa shape index (κ1) is 12.8. The summed E-state index contributed by atoms with van der Waals surface area (Å²) < 4.78 is 1.09. The molecule has 3 nitrogen and oxygen atoms in total. The highest BCUT2D eigenvalue weighted by Gasteiger charge is 2.04. The van der Waals surface area contributed by atoms with Gasteiger partial charge in [-0.25, -0.2) is 0 Å². The number of benzene rings is 2. The molecule has 0 fully saturated rings. The molecule has 0 atom stereocenters. The van der Waals surface area contributed by atoms with Crippen LogP contribution in [0.3, 0.4) is 0 Å². The summed E-state index contributed by atoms with van der Waals surface area (Å²) in [4.78, 5) is 2.14. The van der Waals surface area contributed by atoms with Crippen LogP contribution < -0.4 is 16.4 Å². The van der Waals surface area contributed by atoms with Crippen molar-refractivity contribution < 1.29 is 0 Å². The lowest BCUT2D eigenvalue weighted by Crippen LogP contribution is -2.16. The molecule has 0 aliphatic carbocycles. The molecule has 94 valence electrons. The Balaban J connectivity index is 2.16.